The molecule has 3 aromatic rings. The molecule has 0 saturated heterocycles. The molecule has 1 atom stereocenters. The highest BCUT2D eigenvalue weighted by molar-refractivity contribution is 5.85. The SMILES string of the molecule is CNC(C)Cc1noc(-c2cnn(-c3cccc(C(F)(F)F)c3)c2C)n1.Cl. The Labute approximate surface area is 160 Å². The molecule has 10 heteroatoms. The van der Waals surface area contributed by atoms with Crippen LogP contribution in [0.1, 0.15) is 24.0 Å². The zero-order chi connectivity index (χ0) is 18.9. The van der Waals surface area contributed by atoms with Crippen molar-refractivity contribution in [2.45, 2.75) is 32.5 Å². The summed E-state index contributed by atoms with van der Waals surface area (Å²) in [6.45, 7) is 3.73. The molecule has 0 bridgehead atoms. The Morgan fingerprint density at radius 3 is 2.70 bits per heavy atom. The van der Waals surface area contributed by atoms with Crippen molar-refractivity contribution < 1.29 is 17.7 Å². The van der Waals surface area contributed by atoms with Gasteiger partial charge in [0.2, 0.25) is 0 Å². The topological polar surface area (TPSA) is 68.8 Å². The Kier molecular flexibility index (Phi) is 6.27. The van der Waals surface area contributed by atoms with Crippen molar-refractivity contribution in [3.8, 4) is 17.1 Å². The Morgan fingerprint density at radius 2 is 2.04 bits per heavy atom. The minimum atomic E-state index is -4.41. The van der Waals surface area contributed by atoms with Gasteiger partial charge in [0.25, 0.3) is 5.89 Å². The third-order valence-electron chi connectivity index (χ3n) is 4.11. The molecule has 0 amide bonds. The number of rotatable bonds is 5. The van der Waals surface area contributed by atoms with Crippen LogP contribution >= 0.6 is 12.4 Å². The van der Waals surface area contributed by atoms with E-state index in [2.05, 4.69) is 20.6 Å². The van der Waals surface area contributed by atoms with Crippen LogP contribution in [0.25, 0.3) is 17.1 Å². The molecular weight excluding hydrogens is 383 g/mol. The van der Waals surface area contributed by atoms with Crippen LogP contribution < -0.4 is 5.32 Å². The fourth-order valence-corrected chi connectivity index (χ4v) is 2.52. The molecule has 0 radical (unpaired) electrons. The number of alkyl halides is 3. The van der Waals surface area contributed by atoms with Crippen LogP contribution in [0.3, 0.4) is 0 Å². The first-order valence-corrected chi connectivity index (χ1v) is 8.02. The van der Waals surface area contributed by atoms with Gasteiger partial charge < -0.3 is 9.84 Å². The van der Waals surface area contributed by atoms with E-state index < -0.39 is 11.7 Å². The summed E-state index contributed by atoms with van der Waals surface area (Å²) in [5.74, 6) is 0.840. The fraction of sp³-hybridized carbons (Fsp3) is 0.353. The maximum Gasteiger partial charge on any atom is 0.416 e. The predicted molar refractivity (Wildman–Crippen MR) is 96.1 cm³/mol. The molecule has 1 N–H and O–H groups in total. The normalized spacial score (nSPS) is 12.7. The highest BCUT2D eigenvalue weighted by Crippen LogP contribution is 2.31. The van der Waals surface area contributed by atoms with Crippen molar-refractivity contribution in [3.63, 3.8) is 0 Å². The predicted octanol–water partition coefficient (Wildman–Crippen LogP) is 3.82. The standard InChI is InChI=1S/C17H18F3N5O.ClH/c1-10(21-3)7-15-23-16(26-24-15)14-9-22-25(11(14)2)13-6-4-5-12(8-13)17(18,19)20;/h4-6,8-10,21H,7H2,1-3H3;1H. The number of nitrogens with one attached hydrogen (secondary N) is 1. The highest BCUT2D eigenvalue weighted by Gasteiger charge is 2.30. The molecule has 0 aliphatic rings. The lowest BCUT2D eigenvalue weighted by Crippen LogP contribution is -2.24. The summed E-state index contributed by atoms with van der Waals surface area (Å²) in [5.41, 5.74) is 0.777. The van der Waals surface area contributed by atoms with Gasteiger partial charge in [-0.1, -0.05) is 11.2 Å². The van der Waals surface area contributed by atoms with Gasteiger partial charge in [0.1, 0.15) is 0 Å². The third kappa shape index (κ3) is 4.48. The van der Waals surface area contributed by atoms with Gasteiger partial charge in [-0.3, -0.25) is 0 Å². The van der Waals surface area contributed by atoms with E-state index in [1.165, 1.54) is 16.9 Å². The van der Waals surface area contributed by atoms with Crippen LogP contribution in [0.5, 0.6) is 0 Å². The fourth-order valence-electron chi connectivity index (χ4n) is 2.52. The number of hydrogen-bond acceptors (Lipinski definition) is 5. The second kappa shape index (κ2) is 8.10. The van der Waals surface area contributed by atoms with Crippen molar-refractivity contribution in [1.29, 1.82) is 0 Å². The average Bonchev–Trinajstić information content (AvgIpc) is 3.20. The van der Waals surface area contributed by atoms with E-state index in [1.807, 2.05) is 14.0 Å². The Morgan fingerprint density at radius 1 is 1.30 bits per heavy atom. The molecule has 1 aromatic carbocycles. The number of aromatic nitrogens is 4. The van der Waals surface area contributed by atoms with Gasteiger partial charge in [-0.2, -0.15) is 23.3 Å². The molecule has 2 aromatic heterocycles. The van der Waals surface area contributed by atoms with Crippen LogP contribution in [-0.4, -0.2) is 33.0 Å². The summed E-state index contributed by atoms with van der Waals surface area (Å²) in [4.78, 5) is 4.34. The zero-order valence-electron chi connectivity index (χ0n) is 14.9. The quantitative estimate of drug-likeness (QED) is 0.703. The summed E-state index contributed by atoms with van der Waals surface area (Å²) in [6.07, 6.45) is -2.31. The largest absolute Gasteiger partial charge is 0.416 e. The van der Waals surface area contributed by atoms with E-state index in [9.17, 15) is 13.2 Å². The van der Waals surface area contributed by atoms with Crippen molar-refractivity contribution in [1.82, 2.24) is 25.2 Å². The lowest BCUT2D eigenvalue weighted by Gasteiger charge is -2.10. The van der Waals surface area contributed by atoms with Crippen molar-refractivity contribution >= 4 is 12.4 Å². The summed E-state index contributed by atoms with van der Waals surface area (Å²) < 4.78 is 45.5. The number of halogens is 4. The lowest BCUT2D eigenvalue weighted by atomic mass is 10.2. The summed E-state index contributed by atoms with van der Waals surface area (Å²) >= 11 is 0. The molecule has 0 aliphatic carbocycles. The molecule has 27 heavy (non-hydrogen) atoms. The summed E-state index contributed by atoms with van der Waals surface area (Å²) in [5, 5.41) is 11.2. The molecule has 2 heterocycles. The van der Waals surface area contributed by atoms with Gasteiger partial charge >= 0.3 is 6.18 Å². The van der Waals surface area contributed by atoms with E-state index in [4.69, 9.17) is 4.52 Å². The molecule has 1 unspecified atom stereocenters. The maximum absolute atomic E-state index is 12.9. The van der Waals surface area contributed by atoms with Crippen LogP contribution in [-0.2, 0) is 12.6 Å². The molecule has 0 aliphatic heterocycles. The number of likely N-dealkylation sites (N-methyl/N-ethyl adjacent to an activating group) is 1. The van der Waals surface area contributed by atoms with Crippen molar-refractivity contribution in [3.05, 3.63) is 47.5 Å². The van der Waals surface area contributed by atoms with Gasteiger partial charge in [-0.05, 0) is 39.1 Å². The second-order valence-corrected chi connectivity index (χ2v) is 6.01. The summed E-state index contributed by atoms with van der Waals surface area (Å²) in [7, 11) is 1.84. The van der Waals surface area contributed by atoms with Gasteiger partial charge in [-0.25, -0.2) is 4.68 Å². The second-order valence-electron chi connectivity index (χ2n) is 6.01. The minimum Gasteiger partial charge on any atom is -0.334 e. The van der Waals surface area contributed by atoms with E-state index in [-0.39, 0.29) is 18.4 Å². The van der Waals surface area contributed by atoms with E-state index in [1.54, 1.807) is 13.0 Å². The van der Waals surface area contributed by atoms with Crippen LogP contribution in [0.4, 0.5) is 13.2 Å². The number of hydrogen-bond donors (Lipinski definition) is 1. The highest BCUT2D eigenvalue weighted by atomic mass is 35.5. The summed E-state index contributed by atoms with van der Waals surface area (Å²) in [6, 6.07) is 5.18. The van der Waals surface area contributed by atoms with Gasteiger partial charge in [0.15, 0.2) is 5.82 Å². The number of nitrogens with zero attached hydrogens (tertiary/aromatic N) is 4. The Balaban J connectivity index is 0.00000261. The molecular formula is C17H19ClF3N5O. The van der Waals surface area contributed by atoms with E-state index in [0.29, 0.717) is 35.1 Å². The maximum atomic E-state index is 12.9. The average molecular weight is 402 g/mol. The number of benzene rings is 1. The smallest absolute Gasteiger partial charge is 0.334 e. The van der Waals surface area contributed by atoms with Crippen LogP contribution in [0, 0.1) is 6.92 Å². The molecule has 3 rings (SSSR count). The molecule has 146 valence electrons. The first-order valence-electron chi connectivity index (χ1n) is 8.02. The van der Waals surface area contributed by atoms with Crippen LogP contribution in [0.15, 0.2) is 35.0 Å². The zero-order valence-corrected chi connectivity index (χ0v) is 15.7. The third-order valence-corrected chi connectivity index (χ3v) is 4.11. The molecule has 6 nitrogen and oxygen atoms in total. The van der Waals surface area contributed by atoms with Gasteiger partial charge in [-0.15, -0.1) is 12.4 Å². The monoisotopic (exact) mass is 401 g/mol. The molecule has 0 saturated carbocycles. The Hall–Kier alpha value is -2.39. The lowest BCUT2D eigenvalue weighted by molar-refractivity contribution is -0.137. The van der Waals surface area contributed by atoms with Gasteiger partial charge in [0.05, 0.1) is 28.7 Å². The van der Waals surface area contributed by atoms with Crippen molar-refractivity contribution in [2.24, 2.45) is 0 Å². The minimum absolute atomic E-state index is 0. The Bertz CT molecular complexity index is 906. The van der Waals surface area contributed by atoms with Crippen molar-refractivity contribution in [2.75, 3.05) is 7.05 Å². The first-order chi connectivity index (χ1) is 12.3. The van der Waals surface area contributed by atoms with E-state index >= 15 is 0 Å². The first kappa shape index (κ1) is 20.9. The molecule has 0 spiro atoms. The molecule has 0 fully saturated rings. The van der Waals surface area contributed by atoms with E-state index in [0.717, 1.165) is 12.1 Å². The van der Waals surface area contributed by atoms with Gasteiger partial charge in [0, 0.05) is 12.5 Å². The van der Waals surface area contributed by atoms with Crippen LogP contribution in [0.2, 0.25) is 0 Å².